The summed E-state index contributed by atoms with van der Waals surface area (Å²) in [6.07, 6.45) is 0.523. The highest BCUT2D eigenvalue weighted by atomic mass is 35.5. The first-order valence-corrected chi connectivity index (χ1v) is 13.1. The lowest BCUT2D eigenvalue weighted by Crippen LogP contribution is -2.82. The number of carbonyl (C=O) groups is 4. The number of rotatable bonds is 5. The fourth-order valence-electron chi connectivity index (χ4n) is 5.01. The molecule has 11 heteroatoms. The standard InChI is InChI=1S/C27H30Cl2N4O5/c1-17-7-10-22(20(29)13-17)33(16-34,31-25(37)38-26(2,3)4)27(24(36)32-11-5-6-12-32)15-23(35)19-9-8-18(28)14-21(19)30-27/h7-10,13-14,16H,5-6,11-12,15H2,1-4H3,(H-,30,31,35,37)/p+1. The van der Waals surface area contributed by atoms with E-state index in [2.05, 4.69) is 10.7 Å². The Balaban J connectivity index is 2.02. The number of hydrogen-bond acceptors (Lipinski definition) is 6. The summed E-state index contributed by atoms with van der Waals surface area (Å²) in [4.78, 5) is 56.3. The molecule has 1 fully saturated rings. The smallest absolute Gasteiger partial charge is 0.441 e. The summed E-state index contributed by atoms with van der Waals surface area (Å²) < 4.78 is 4.35. The average molecular weight is 562 g/mol. The summed E-state index contributed by atoms with van der Waals surface area (Å²) in [6.45, 7) is 7.71. The van der Waals surface area contributed by atoms with Gasteiger partial charge in [0.15, 0.2) is 11.5 Å². The van der Waals surface area contributed by atoms with Crippen LogP contribution in [0.3, 0.4) is 0 Å². The van der Waals surface area contributed by atoms with Crippen molar-refractivity contribution >= 4 is 58.8 Å². The minimum Gasteiger partial charge on any atom is -0.441 e. The zero-order chi connectivity index (χ0) is 27.9. The van der Waals surface area contributed by atoms with Crippen LogP contribution in [0, 0.1) is 6.92 Å². The van der Waals surface area contributed by atoms with Gasteiger partial charge < -0.3 is 15.0 Å². The molecule has 2 aromatic rings. The van der Waals surface area contributed by atoms with Crippen LogP contribution in [-0.2, 0) is 14.3 Å². The van der Waals surface area contributed by atoms with Gasteiger partial charge in [0.05, 0.1) is 12.1 Å². The Kier molecular flexibility index (Phi) is 7.49. The monoisotopic (exact) mass is 561 g/mol. The van der Waals surface area contributed by atoms with Gasteiger partial charge in [-0.15, -0.1) is 0 Å². The predicted octanol–water partition coefficient (Wildman–Crippen LogP) is 5.22. The van der Waals surface area contributed by atoms with E-state index in [1.165, 1.54) is 6.07 Å². The number of hydrogen-bond donors (Lipinski definition) is 2. The molecule has 2 N–H and O–H groups in total. The molecule has 38 heavy (non-hydrogen) atoms. The van der Waals surface area contributed by atoms with E-state index in [9.17, 15) is 19.2 Å². The molecule has 4 rings (SSSR count). The van der Waals surface area contributed by atoms with Crippen LogP contribution in [0.1, 0.15) is 56.0 Å². The van der Waals surface area contributed by atoms with Crippen molar-refractivity contribution in [2.24, 2.45) is 0 Å². The Hall–Kier alpha value is -3.14. The number of fused-ring (bicyclic) bond motifs is 1. The lowest BCUT2D eigenvalue weighted by atomic mass is 9.88. The van der Waals surface area contributed by atoms with E-state index < -0.39 is 40.1 Å². The van der Waals surface area contributed by atoms with E-state index in [0.29, 0.717) is 30.1 Å². The molecule has 0 aliphatic carbocycles. The Labute approximate surface area is 231 Å². The third kappa shape index (κ3) is 4.98. The summed E-state index contributed by atoms with van der Waals surface area (Å²) in [5.74, 6) is -0.935. The summed E-state index contributed by atoms with van der Waals surface area (Å²) in [6, 6.07) is 9.54. The first kappa shape index (κ1) is 27.9. The van der Waals surface area contributed by atoms with Gasteiger partial charge in [-0.25, -0.2) is 9.59 Å². The van der Waals surface area contributed by atoms with Gasteiger partial charge in [0.2, 0.25) is 0 Å². The largest absolute Gasteiger partial charge is 0.453 e. The molecule has 2 heterocycles. The Morgan fingerprint density at radius 1 is 1.13 bits per heavy atom. The predicted molar refractivity (Wildman–Crippen MR) is 146 cm³/mol. The molecule has 2 aliphatic rings. The number of carbonyl (C=O) groups excluding carboxylic acids is 4. The maximum absolute atomic E-state index is 14.5. The number of likely N-dealkylation sites (tertiary alicyclic amines) is 1. The first-order chi connectivity index (χ1) is 17.8. The molecule has 2 aliphatic heterocycles. The molecule has 2 aromatic carbocycles. The minimum absolute atomic E-state index is 0.0939. The van der Waals surface area contributed by atoms with E-state index in [4.69, 9.17) is 27.9 Å². The van der Waals surface area contributed by atoms with Crippen LogP contribution >= 0.6 is 23.2 Å². The summed E-state index contributed by atoms with van der Waals surface area (Å²) in [5, 5.41) is 3.62. The molecular formula is C27H31Cl2N4O5+. The van der Waals surface area contributed by atoms with Crippen LogP contribution < -0.4 is 15.3 Å². The fourth-order valence-corrected chi connectivity index (χ4v) is 5.55. The second-order valence-corrected chi connectivity index (χ2v) is 11.5. The third-order valence-corrected chi connectivity index (χ3v) is 7.23. The first-order valence-electron chi connectivity index (χ1n) is 12.4. The molecule has 2 atom stereocenters. The number of halogens is 2. The van der Waals surface area contributed by atoms with Crippen LogP contribution in [-0.4, -0.2) is 53.4 Å². The number of nitrogens with one attached hydrogen (secondary N) is 2. The fraction of sp³-hybridized carbons (Fsp3) is 0.407. The number of benzene rings is 2. The number of anilines is 1. The molecule has 9 nitrogen and oxygen atoms in total. The van der Waals surface area contributed by atoms with Gasteiger partial charge in [-0.2, -0.15) is 5.43 Å². The highest BCUT2D eigenvalue weighted by molar-refractivity contribution is 6.33. The summed E-state index contributed by atoms with van der Waals surface area (Å²) in [5.41, 5.74) is 1.15. The molecule has 0 spiro atoms. The normalized spacial score (nSPS) is 20.7. The van der Waals surface area contributed by atoms with Crippen molar-refractivity contribution in [3.63, 3.8) is 0 Å². The Morgan fingerprint density at radius 3 is 2.42 bits per heavy atom. The molecule has 0 radical (unpaired) electrons. The quantitative estimate of drug-likeness (QED) is 0.294. The molecule has 202 valence electrons. The number of ether oxygens (including phenoxy) is 1. The number of amides is 3. The summed E-state index contributed by atoms with van der Waals surface area (Å²) in [7, 11) is 0. The van der Waals surface area contributed by atoms with Crippen molar-refractivity contribution in [3.8, 4) is 0 Å². The second kappa shape index (κ2) is 10.2. The molecule has 0 saturated carbocycles. The zero-order valence-electron chi connectivity index (χ0n) is 21.8. The van der Waals surface area contributed by atoms with Crippen LogP contribution in [0.15, 0.2) is 36.4 Å². The average Bonchev–Trinajstić information content (AvgIpc) is 3.35. The zero-order valence-corrected chi connectivity index (χ0v) is 23.3. The maximum Gasteiger partial charge on any atom is 0.453 e. The topological polar surface area (TPSA) is 105 Å². The SMILES string of the molecule is Cc1ccc([N+](C=O)(NC(=O)OC(C)(C)C)C2(C(=O)N3CCCC3)CC(=O)c3ccc(Cl)cc3N2)c(Cl)c1. The van der Waals surface area contributed by atoms with Crippen molar-refractivity contribution in [1.82, 2.24) is 14.9 Å². The van der Waals surface area contributed by atoms with Gasteiger partial charge >= 0.3 is 18.4 Å². The van der Waals surface area contributed by atoms with Gasteiger partial charge in [-0.1, -0.05) is 33.9 Å². The van der Waals surface area contributed by atoms with Crippen molar-refractivity contribution < 1.29 is 23.9 Å². The van der Waals surface area contributed by atoms with Crippen LogP contribution in [0.4, 0.5) is 16.2 Å². The maximum atomic E-state index is 14.5. The number of ketones is 1. The second-order valence-electron chi connectivity index (χ2n) is 10.7. The van der Waals surface area contributed by atoms with Crippen molar-refractivity contribution in [3.05, 3.63) is 57.6 Å². The van der Waals surface area contributed by atoms with Crippen LogP contribution in [0.2, 0.25) is 10.0 Å². The molecule has 3 amide bonds. The van der Waals surface area contributed by atoms with Gasteiger partial charge in [-0.3, -0.25) is 9.59 Å². The van der Waals surface area contributed by atoms with Crippen LogP contribution in [0.25, 0.3) is 0 Å². The minimum atomic E-state index is -2.03. The van der Waals surface area contributed by atoms with Gasteiger partial charge in [-0.05, 0) is 70.4 Å². The van der Waals surface area contributed by atoms with Crippen molar-refractivity contribution in [2.45, 2.75) is 58.2 Å². The highest BCUT2D eigenvalue weighted by Crippen LogP contribution is 2.44. The van der Waals surface area contributed by atoms with Crippen LogP contribution in [0.5, 0.6) is 0 Å². The molecule has 0 bridgehead atoms. The van der Waals surface area contributed by atoms with E-state index in [-0.39, 0.29) is 16.4 Å². The van der Waals surface area contributed by atoms with Gasteiger partial charge in [0.25, 0.3) is 5.66 Å². The van der Waals surface area contributed by atoms with Crippen molar-refractivity contribution in [2.75, 3.05) is 18.4 Å². The van der Waals surface area contributed by atoms with E-state index in [1.807, 2.05) is 6.92 Å². The van der Waals surface area contributed by atoms with Crippen molar-refractivity contribution in [1.29, 1.82) is 0 Å². The highest BCUT2D eigenvalue weighted by Gasteiger charge is 2.66. The lowest BCUT2D eigenvalue weighted by molar-refractivity contribution is -0.148. The Bertz CT molecular complexity index is 1300. The third-order valence-electron chi connectivity index (χ3n) is 6.70. The Morgan fingerprint density at radius 2 is 1.82 bits per heavy atom. The molecule has 1 saturated heterocycles. The van der Waals surface area contributed by atoms with Gasteiger partial charge in [0, 0.05) is 29.7 Å². The number of aryl methyl sites for hydroxylation is 1. The number of nitrogens with zero attached hydrogens (tertiary/aromatic N) is 2. The van der Waals surface area contributed by atoms with E-state index in [0.717, 1.165) is 18.4 Å². The van der Waals surface area contributed by atoms with Gasteiger partial charge in [0.1, 0.15) is 10.6 Å². The molecule has 0 aromatic heterocycles. The summed E-state index contributed by atoms with van der Waals surface area (Å²) >= 11 is 12.9. The molecular weight excluding hydrogens is 531 g/mol. The number of Topliss-reactive ketones (excluding diaryl/α,β-unsaturated/α-hetero) is 1. The lowest BCUT2D eigenvalue weighted by Gasteiger charge is -2.48. The number of quaternary nitrogens is 1. The van der Waals surface area contributed by atoms with E-state index in [1.54, 1.807) is 56.0 Å². The molecule has 2 unspecified atom stereocenters. The van der Waals surface area contributed by atoms with E-state index >= 15 is 0 Å².